The van der Waals surface area contributed by atoms with Gasteiger partial charge < -0.3 is 10.8 Å². The minimum Gasteiger partial charge on any atom is -0.483 e. The van der Waals surface area contributed by atoms with E-state index in [0.717, 1.165) is 35.3 Å². The Morgan fingerprint density at radius 3 is 1.76 bits per heavy atom. The number of anilines is 2. The molecule has 0 saturated heterocycles. The molecule has 108 valence electrons. The van der Waals surface area contributed by atoms with Gasteiger partial charge >= 0.3 is 6.03 Å². The van der Waals surface area contributed by atoms with Gasteiger partial charge in [-0.1, -0.05) is 36.4 Å². The Balaban J connectivity index is 0.000000497. The molecule has 2 amide bonds. The van der Waals surface area contributed by atoms with Crippen molar-refractivity contribution in [3.05, 3.63) is 59.7 Å². The highest BCUT2D eigenvalue weighted by atomic mass is 16.3. The molecule has 1 aliphatic rings. The van der Waals surface area contributed by atoms with Crippen molar-refractivity contribution < 1.29 is 14.7 Å². The third-order valence-corrected chi connectivity index (χ3v) is 3.35. The lowest BCUT2D eigenvalue weighted by molar-refractivity contribution is -0.122. The number of nitrogens with zero attached hydrogens (tertiary/aromatic N) is 1. The lowest BCUT2D eigenvalue weighted by Crippen LogP contribution is -2.32. The van der Waals surface area contributed by atoms with Crippen molar-refractivity contribution in [1.29, 1.82) is 0 Å². The van der Waals surface area contributed by atoms with Crippen LogP contribution in [0.25, 0.3) is 0 Å². The second-order valence-electron chi connectivity index (χ2n) is 4.54. The first-order valence-corrected chi connectivity index (χ1v) is 6.52. The van der Waals surface area contributed by atoms with E-state index >= 15 is 0 Å². The summed E-state index contributed by atoms with van der Waals surface area (Å²) in [6.45, 7) is -0.250. The summed E-state index contributed by atoms with van der Waals surface area (Å²) in [6, 6.07) is 15.4. The third-order valence-electron chi connectivity index (χ3n) is 3.35. The third kappa shape index (κ3) is 3.02. The number of primary amides is 1. The van der Waals surface area contributed by atoms with Gasteiger partial charge in [0.15, 0.2) is 0 Å². The van der Waals surface area contributed by atoms with Crippen LogP contribution in [0.3, 0.4) is 0 Å². The first kappa shape index (κ1) is 14.6. The standard InChI is InChI=1S/C15H14N2O.CH2O2/c16-15(18)17-13-7-3-1-5-11(13)9-10-12-6-2-4-8-14(12)17;2-1-3/h1-8H,9-10H2,(H2,16,18);1H,(H,2,3). The monoisotopic (exact) mass is 284 g/mol. The Morgan fingerprint density at radius 2 is 1.38 bits per heavy atom. The molecular weight excluding hydrogens is 268 g/mol. The van der Waals surface area contributed by atoms with Crippen LogP contribution in [0.2, 0.25) is 0 Å². The number of hydrogen-bond donors (Lipinski definition) is 2. The first-order chi connectivity index (χ1) is 10.2. The molecule has 0 atom stereocenters. The molecule has 21 heavy (non-hydrogen) atoms. The number of amides is 2. The number of aryl methyl sites for hydroxylation is 2. The normalized spacial score (nSPS) is 12.1. The van der Waals surface area contributed by atoms with Gasteiger partial charge in [-0.2, -0.15) is 0 Å². The fourth-order valence-corrected chi connectivity index (χ4v) is 2.52. The van der Waals surface area contributed by atoms with E-state index in [0.29, 0.717) is 0 Å². The minimum absolute atomic E-state index is 0.250. The number of nitrogens with two attached hydrogens (primary N) is 1. The molecule has 0 bridgehead atoms. The number of urea groups is 1. The van der Waals surface area contributed by atoms with Crippen molar-refractivity contribution in [2.45, 2.75) is 12.8 Å². The minimum atomic E-state index is -0.434. The van der Waals surface area contributed by atoms with Crippen molar-refractivity contribution >= 4 is 23.9 Å². The Kier molecular flexibility index (Phi) is 4.56. The molecular formula is C16H16N2O3. The molecule has 0 radical (unpaired) electrons. The van der Waals surface area contributed by atoms with Crippen molar-refractivity contribution in [3.8, 4) is 0 Å². The molecule has 0 aromatic heterocycles. The summed E-state index contributed by atoms with van der Waals surface area (Å²) >= 11 is 0. The number of carbonyl (C=O) groups excluding carboxylic acids is 1. The molecule has 0 fully saturated rings. The van der Waals surface area contributed by atoms with E-state index in [1.54, 1.807) is 4.90 Å². The molecule has 1 aliphatic heterocycles. The van der Waals surface area contributed by atoms with E-state index in [1.165, 1.54) is 0 Å². The summed E-state index contributed by atoms with van der Waals surface area (Å²) in [6.07, 6.45) is 1.86. The van der Waals surface area contributed by atoms with Gasteiger partial charge in [0, 0.05) is 0 Å². The summed E-state index contributed by atoms with van der Waals surface area (Å²) in [4.78, 5) is 21.8. The lowest BCUT2D eigenvalue weighted by Gasteiger charge is -2.22. The Labute approximate surface area is 122 Å². The highest BCUT2D eigenvalue weighted by Gasteiger charge is 2.23. The summed E-state index contributed by atoms with van der Waals surface area (Å²) < 4.78 is 0. The molecule has 3 rings (SSSR count). The number of rotatable bonds is 0. The largest absolute Gasteiger partial charge is 0.483 e. The molecule has 0 saturated carbocycles. The van der Waals surface area contributed by atoms with Crippen molar-refractivity contribution in [2.24, 2.45) is 5.73 Å². The highest BCUT2D eigenvalue weighted by molar-refractivity contribution is 6.00. The second-order valence-corrected chi connectivity index (χ2v) is 4.54. The molecule has 5 nitrogen and oxygen atoms in total. The Morgan fingerprint density at radius 1 is 1.00 bits per heavy atom. The summed E-state index contributed by atoms with van der Waals surface area (Å²) in [5, 5.41) is 6.89. The fraction of sp³-hybridized carbons (Fsp3) is 0.125. The highest BCUT2D eigenvalue weighted by Crippen LogP contribution is 2.35. The van der Waals surface area contributed by atoms with E-state index < -0.39 is 6.03 Å². The van der Waals surface area contributed by atoms with Gasteiger partial charge in [-0.25, -0.2) is 4.79 Å². The number of carboxylic acid groups (broad SMARTS) is 1. The van der Waals surface area contributed by atoms with Crippen molar-refractivity contribution in [1.82, 2.24) is 0 Å². The fourth-order valence-electron chi connectivity index (χ4n) is 2.52. The zero-order valence-electron chi connectivity index (χ0n) is 11.4. The van der Waals surface area contributed by atoms with Gasteiger partial charge in [-0.3, -0.25) is 9.69 Å². The predicted molar refractivity (Wildman–Crippen MR) is 80.7 cm³/mol. The quantitative estimate of drug-likeness (QED) is 0.729. The summed E-state index contributed by atoms with van der Waals surface area (Å²) in [7, 11) is 0. The van der Waals surface area contributed by atoms with Gasteiger partial charge in [0.1, 0.15) is 0 Å². The topological polar surface area (TPSA) is 83.6 Å². The van der Waals surface area contributed by atoms with Gasteiger partial charge in [-0.05, 0) is 36.1 Å². The smallest absolute Gasteiger partial charge is 0.323 e. The molecule has 5 heteroatoms. The molecule has 3 N–H and O–H groups in total. The van der Waals surface area contributed by atoms with Gasteiger partial charge in [0.25, 0.3) is 6.47 Å². The van der Waals surface area contributed by atoms with Crippen LogP contribution in [0.4, 0.5) is 16.2 Å². The van der Waals surface area contributed by atoms with Crippen LogP contribution in [0.5, 0.6) is 0 Å². The maximum absolute atomic E-state index is 11.8. The van der Waals surface area contributed by atoms with Crippen molar-refractivity contribution in [3.63, 3.8) is 0 Å². The molecule has 0 spiro atoms. The summed E-state index contributed by atoms with van der Waals surface area (Å²) in [5.41, 5.74) is 9.67. The van der Waals surface area contributed by atoms with E-state index in [-0.39, 0.29) is 6.47 Å². The zero-order valence-corrected chi connectivity index (χ0v) is 11.4. The molecule has 2 aromatic carbocycles. The number of hydrogen-bond acceptors (Lipinski definition) is 2. The zero-order chi connectivity index (χ0) is 15.2. The SMILES string of the molecule is NC(=O)N1c2ccccc2CCc2ccccc21.O=CO. The van der Waals surface area contributed by atoms with Crippen LogP contribution in [-0.4, -0.2) is 17.6 Å². The molecule has 0 unspecified atom stereocenters. The predicted octanol–water partition coefficient (Wildman–Crippen LogP) is 2.70. The van der Waals surface area contributed by atoms with E-state index in [1.807, 2.05) is 36.4 Å². The van der Waals surface area contributed by atoms with Crippen LogP contribution < -0.4 is 10.6 Å². The number of para-hydroxylation sites is 2. The van der Waals surface area contributed by atoms with Crippen molar-refractivity contribution in [2.75, 3.05) is 4.90 Å². The van der Waals surface area contributed by atoms with Crippen LogP contribution in [0.1, 0.15) is 11.1 Å². The van der Waals surface area contributed by atoms with Crippen LogP contribution in [-0.2, 0) is 17.6 Å². The molecule has 0 aliphatic carbocycles. The van der Waals surface area contributed by atoms with Gasteiger partial charge in [-0.15, -0.1) is 0 Å². The number of benzene rings is 2. The average molecular weight is 284 g/mol. The van der Waals surface area contributed by atoms with Crippen LogP contribution in [0, 0.1) is 0 Å². The van der Waals surface area contributed by atoms with Crippen LogP contribution in [0.15, 0.2) is 48.5 Å². The van der Waals surface area contributed by atoms with Gasteiger partial charge in [0.05, 0.1) is 11.4 Å². The van der Waals surface area contributed by atoms with Crippen LogP contribution >= 0.6 is 0 Å². The second kappa shape index (κ2) is 6.56. The summed E-state index contributed by atoms with van der Waals surface area (Å²) in [5.74, 6) is 0. The van der Waals surface area contributed by atoms with E-state index in [4.69, 9.17) is 15.6 Å². The maximum Gasteiger partial charge on any atom is 0.323 e. The average Bonchev–Trinajstić information content (AvgIpc) is 2.64. The molecule has 2 aromatic rings. The van der Waals surface area contributed by atoms with E-state index in [2.05, 4.69) is 12.1 Å². The maximum atomic E-state index is 11.8. The molecule has 1 heterocycles. The number of carbonyl (C=O) groups is 2. The Hall–Kier alpha value is -2.82. The lowest BCUT2D eigenvalue weighted by atomic mass is 10.0. The first-order valence-electron chi connectivity index (χ1n) is 6.52. The van der Waals surface area contributed by atoms with E-state index in [9.17, 15) is 4.79 Å². The number of fused-ring (bicyclic) bond motifs is 2. The van der Waals surface area contributed by atoms with Gasteiger partial charge in [0.2, 0.25) is 0 Å². The Bertz CT molecular complexity index is 608.